The van der Waals surface area contributed by atoms with Crippen LogP contribution in [0, 0.1) is 0 Å². The number of carbonyl (C=O) groups is 2. The molecule has 0 spiro atoms. The molecule has 27 heavy (non-hydrogen) atoms. The highest BCUT2D eigenvalue weighted by atomic mass is 16.3. The number of carbonyl (C=O) groups excluding carboxylic acids is 2. The van der Waals surface area contributed by atoms with Crippen molar-refractivity contribution in [3.8, 4) is 5.75 Å². The van der Waals surface area contributed by atoms with Gasteiger partial charge in [-0.25, -0.2) is 0 Å². The zero-order valence-electron chi connectivity index (χ0n) is 16.2. The molecule has 1 aliphatic carbocycles. The molecule has 148 valence electrons. The number of fused-ring (bicyclic) bond motifs is 1. The number of nitrogens with one attached hydrogen (secondary N) is 2. The van der Waals surface area contributed by atoms with E-state index < -0.39 is 0 Å². The van der Waals surface area contributed by atoms with Crippen LogP contribution in [-0.2, 0) is 17.6 Å². The Labute approximate surface area is 161 Å². The Morgan fingerprint density at radius 1 is 1.15 bits per heavy atom. The van der Waals surface area contributed by atoms with Crippen molar-refractivity contribution in [2.75, 3.05) is 26.2 Å². The van der Waals surface area contributed by atoms with Gasteiger partial charge in [0.15, 0.2) is 0 Å². The van der Waals surface area contributed by atoms with Crippen LogP contribution in [0.5, 0.6) is 5.75 Å². The van der Waals surface area contributed by atoms with Crippen LogP contribution in [0.2, 0.25) is 0 Å². The van der Waals surface area contributed by atoms with Crippen molar-refractivity contribution in [1.82, 2.24) is 15.5 Å². The summed E-state index contributed by atoms with van der Waals surface area (Å²) in [4.78, 5) is 26.6. The summed E-state index contributed by atoms with van der Waals surface area (Å²) in [5.74, 6) is -0.0449. The second kappa shape index (κ2) is 9.22. The predicted octanol–water partition coefficient (Wildman–Crippen LogP) is 1.99. The maximum atomic E-state index is 12.6. The number of hydrogen-bond acceptors (Lipinski definition) is 4. The zero-order valence-corrected chi connectivity index (χ0v) is 16.2. The number of hydrogen-bond donors (Lipinski definition) is 3. The van der Waals surface area contributed by atoms with Gasteiger partial charge in [0, 0.05) is 25.7 Å². The lowest BCUT2D eigenvalue weighted by Crippen LogP contribution is -2.47. The SMILES string of the molecule is CCCNC(=O)CN1CCC(NC(=O)c2cc3c(cc2O)CCCC3)CC1. The molecule has 6 heteroatoms. The molecule has 3 N–H and O–H groups in total. The normalized spacial score (nSPS) is 18.0. The van der Waals surface area contributed by atoms with E-state index in [1.165, 1.54) is 11.1 Å². The summed E-state index contributed by atoms with van der Waals surface area (Å²) < 4.78 is 0. The Kier molecular flexibility index (Phi) is 6.72. The first-order valence-electron chi connectivity index (χ1n) is 10.2. The Bertz CT molecular complexity index is 681. The summed E-state index contributed by atoms with van der Waals surface area (Å²) in [7, 11) is 0. The van der Waals surface area contributed by atoms with E-state index in [-0.39, 0.29) is 23.6 Å². The number of phenolic OH excluding ortho intramolecular Hbond substituents is 1. The minimum Gasteiger partial charge on any atom is -0.507 e. The summed E-state index contributed by atoms with van der Waals surface area (Å²) in [6.07, 6.45) is 6.83. The number of piperidine rings is 1. The van der Waals surface area contributed by atoms with Crippen LogP contribution < -0.4 is 10.6 Å². The average molecular weight is 373 g/mol. The van der Waals surface area contributed by atoms with Gasteiger partial charge in [-0.2, -0.15) is 0 Å². The van der Waals surface area contributed by atoms with Crippen LogP contribution >= 0.6 is 0 Å². The fraction of sp³-hybridized carbons (Fsp3) is 0.619. The first-order chi connectivity index (χ1) is 13.1. The van der Waals surface area contributed by atoms with Crippen molar-refractivity contribution in [3.05, 3.63) is 28.8 Å². The van der Waals surface area contributed by atoms with Gasteiger partial charge < -0.3 is 15.7 Å². The van der Waals surface area contributed by atoms with E-state index in [4.69, 9.17) is 0 Å². The third-order valence-corrected chi connectivity index (χ3v) is 5.57. The van der Waals surface area contributed by atoms with Crippen LogP contribution in [-0.4, -0.2) is 54.0 Å². The Balaban J connectivity index is 1.50. The van der Waals surface area contributed by atoms with Gasteiger partial charge >= 0.3 is 0 Å². The van der Waals surface area contributed by atoms with Gasteiger partial charge in [-0.05, 0) is 68.2 Å². The highest BCUT2D eigenvalue weighted by molar-refractivity contribution is 5.97. The Morgan fingerprint density at radius 2 is 1.81 bits per heavy atom. The fourth-order valence-corrected chi connectivity index (χ4v) is 3.98. The van der Waals surface area contributed by atoms with E-state index in [1.54, 1.807) is 6.07 Å². The van der Waals surface area contributed by atoms with Crippen molar-refractivity contribution in [1.29, 1.82) is 0 Å². The minimum atomic E-state index is -0.194. The number of likely N-dealkylation sites (tertiary alicyclic amines) is 1. The number of amides is 2. The molecule has 0 bridgehead atoms. The van der Waals surface area contributed by atoms with Crippen molar-refractivity contribution in [3.63, 3.8) is 0 Å². The largest absolute Gasteiger partial charge is 0.507 e. The number of aryl methyl sites for hydroxylation is 2. The molecule has 1 heterocycles. The molecule has 0 saturated carbocycles. The van der Waals surface area contributed by atoms with E-state index in [9.17, 15) is 14.7 Å². The minimum absolute atomic E-state index is 0.0679. The fourth-order valence-electron chi connectivity index (χ4n) is 3.98. The zero-order chi connectivity index (χ0) is 19.2. The van der Waals surface area contributed by atoms with Gasteiger partial charge in [0.1, 0.15) is 5.75 Å². The van der Waals surface area contributed by atoms with Gasteiger partial charge in [-0.3, -0.25) is 14.5 Å². The first kappa shape index (κ1) is 19.7. The van der Waals surface area contributed by atoms with E-state index in [0.29, 0.717) is 12.1 Å². The summed E-state index contributed by atoms with van der Waals surface area (Å²) in [6.45, 7) is 4.76. The highest BCUT2D eigenvalue weighted by Gasteiger charge is 2.24. The summed E-state index contributed by atoms with van der Waals surface area (Å²) >= 11 is 0. The molecule has 1 saturated heterocycles. The Morgan fingerprint density at radius 3 is 2.48 bits per heavy atom. The molecule has 0 aromatic heterocycles. The lowest BCUT2D eigenvalue weighted by Gasteiger charge is -2.32. The topological polar surface area (TPSA) is 81.7 Å². The van der Waals surface area contributed by atoms with Gasteiger partial charge in [0.05, 0.1) is 12.1 Å². The van der Waals surface area contributed by atoms with Gasteiger partial charge in [-0.15, -0.1) is 0 Å². The lowest BCUT2D eigenvalue weighted by molar-refractivity contribution is -0.122. The van der Waals surface area contributed by atoms with E-state index in [1.807, 2.05) is 13.0 Å². The van der Waals surface area contributed by atoms with E-state index in [0.717, 1.165) is 64.6 Å². The molecule has 0 radical (unpaired) electrons. The molecule has 2 amide bonds. The van der Waals surface area contributed by atoms with E-state index in [2.05, 4.69) is 15.5 Å². The molecule has 0 atom stereocenters. The first-order valence-corrected chi connectivity index (χ1v) is 10.2. The van der Waals surface area contributed by atoms with Crippen LogP contribution in [0.15, 0.2) is 12.1 Å². The van der Waals surface area contributed by atoms with E-state index >= 15 is 0 Å². The standard InChI is InChI=1S/C21H31N3O3/c1-2-9-22-20(26)14-24-10-7-17(8-11-24)23-21(27)18-12-15-5-3-4-6-16(15)13-19(18)25/h12-13,17,25H,2-11,14H2,1H3,(H,22,26)(H,23,27). The summed E-state index contributed by atoms with van der Waals surface area (Å²) in [5.41, 5.74) is 2.75. The molecule has 1 aromatic carbocycles. The third kappa shape index (κ3) is 5.22. The Hall–Kier alpha value is -2.08. The van der Waals surface area contributed by atoms with Gasteiger partial charge in [-0.1, -0.05) is 6.92 Å². The summed E-state index contributed by atoms with van der Waals surface area (Å²) in [5, 5.41) is 16.2. The van der Waals surface area contributed by atoms with Crippen LogP contribution in [0.1, 0.15) is 60.5 Å². The van der Waals surface area contributed by atoms with Gasteiger partial charge in [0.2, 0.25) is 5.91 Å². The smallest absolute Gasteiger partial charge is 0.255 e. The van der Waals surface area contributed by atoms with Crippen molar-refractivity contribution in [2.45, 2.75) is 57.9 Å². The second-order valence-electron chi connectivity index (χ2n) is 7.72. The molecular weight excluding hydrogens is 342 g/mol. The summed E-state index contributed by atoms with van der Waals surface area (Å²) in [6, 6.07) is 3.72. The average Bonchev–Trinajstić information content (AvgIpc) is 2.67. The van der Waals surface area contributed by atoms with Crippen LogP contribution in [0.4, 0.5) is 0 Å². The van der Waals surface area contributed by atoms with Crippen LogP contribution in [0.25, 0.3) is 0 Å². The molecular formula is C21H31N3O3. The molecule has 2 aliphatic rings. The number of phenols is 1. The number of aromatic hydroxyl groups is 1. The lowest BCUT2D eigenvalue weighted by atomic mass is 9.89. The molecule has 0 unspecified atom stereocenters. The highest BCUT2D eigenvalue weighted by Crippen LogP contribution is 2.28. The number of nitrogens with zero attached hydrogens (tertiary/aromatic N) is 1. The maximum absolute atomic E-state index is 12.6. The second-order valence-corrected chi connectivity index (χ2v) is 7.72. The van der Waals surface area contributed by atoms with Crippen molar-refractivity contribution in [2.24, 2.45) is 0 Å². The van der Waals surface area contributed by atoms with Crippen LogP contribution in [0.3, 0.4) is 0 Å². The van der Waals surface area contributed by atoms with Gasteiger partial charge in [0.25, 0.3) is 5.91 Å². The molecule has 1 aromatic rings. The predicted molar refractivity (Wildman–Crippen MR) is 105 cm³/mol. The molecule has 6 nitrogen and oxygen atoms in total. The third-order valence-electron chi connectivity index (χ3n) is 5.57. The number of benzene rings is 1. The monoisotopic (exact) mass is 373 g/mol. The quantitative estimate of drug-likeness (QED) is 0.712. The molecule has 1 aliphatic heterocycles. The maximum Gasteiger partial charge on any atom is 0.255 e. The van der Waals surface area contributed by atoms with Crippen molar-refractivity contribution >= 4 is 11.8 Å². The number of rotatable bonds is 6. The van der Waals surface area contributed by atoms with Crippen molar-refractivity contribution < 1.29 is 14.7 Å². The molecule has 3 rings (SSSR count). The molecule has 1 fully saturated rings.